The highest BCUT2D eigenvalue weighted by Gasteiger charge is 2.32. The van der Waals surface area contributed by atoms with Gasteiger partial charge in [-0.3, -0.25) is 9.59 Å². The zero-order valence-corrected chi connectivity index (χ0v) is 20.5. The molecule has 2 heterocycles. The van der Waals surface area contributed by atoms with Gasteiger partial charge < -0.3 is 10.6 Å². The minimum absolute atomic E-state index is 0.0631. The third-order valence-electron chi connectivity index (χ3n) is 4.92. The van der Waals surface area contributed by atoms with Gasteiger partial charge in [0, 0.05) is 24.0 Å². The molecule has 9 nitrogen and oxygen atoms in total. The Labute approximate surface area is 208 Å². The molecule has 1 aliphatic heterocycles. The maximum Gasteiger partial charge on any atom is 0.333 e. The summed E-state index contributed by atoms with van der Waals surface area (Å²) in [7, 11) is -2.42. The lowest BCUT2D eigenvalue weighted by Gasteiger charge is -2.27. The highest BCUT2D eigenvalue weighted by molar-refractivity contribution is 7.92. The third-order valence-corrected chi connectivity index (χ3v) is 8.59. The summed E-state index contributed by atoms with van der Waals surface area (Å²) in [5.41, 5.74) is 2.44. The summed E-state index contributed by atoms with van der Waals surface area (Å²) in [5, 5.41) is 5.42. The largest absolute Gasteiger partial charge is 0.388 e. The van der Waals surface area contributed by atoms with Crippen LogP contribution in [-0.4, -0.2) is 33.3 Å². The van der Waals surface area contributed by atoms with Crippen molar-refractivity contribution in [1.29, 1.82) is 0 Å². The minimum atomic E-state index is -4.17. The van der Waals surface area contributed by atoms with Gasteiger partial charge >= 0.3 is 6.03 Å². The number of fused-ring (bicyclic) bond motifs is 1. The summed E-state index contributed by atoms with van der Waals surface area (Å²) in [4.78, 5) is 38.9. The Bertz CT molecular complexity index is 1400. The van der Waals surface area contributed by atoms with Gasteiger partial charge in [-0.15, -0.1) is 11.3 Å². The van der Waals surface area contributed by atoms with E-state index in [1.54, 1.807) is 25.2 Å². The molecule has 0 bridgehead atoms. The topological polar surface area (TPSA) is 125 Å². The van der Waals surface area contributed by atoms with Crippen LogP contribution >= 0.6 is 34.5 Å². The average molecular weight is 539 g/mol. The summed E-state index contributed by atoms with van der Waals surface area (Å²) in [6.07, 6.45) is 0.0631. The van der Waals surface area contributed by atoms with Crippen molar-refractivity contribution in [3.05, 3.63) is 69.0 Å². The zero-order chi connectivity index (χ0) is 24.6. The first-order chi connectivity index (χ1) is 16.1. The molecule has 0 atom stereocenters. The van der Waals surface area contributed by atoms with Crippen LogP contribution in [0.3, 0.4) is 0 Å². The number of anilines is 3. The molecule has 0 spiro atoms. The van der Waals surface area contributed by atoms with Gasteiger partial charge in [0.05, 0.1) is 17.1 Å². The van der Waals surface area contributed by atoms with Crippen LogP contribution in [-0.2, 0) is 21.2 Å². The van der Waals surface area contributed by atoms with Gasteiger partial charge in [0.15, 0.2) is 0 Å². The summed E-state index contributed by atoms with van der Waals surface area (Å²) in [6, 6.07) is 11.2. The van der Waals surface area contributed by atoms with Crippen molar-refractivity contribution in [3.8, 4) is 0 Å². The van der Waals surface area contributed by atoms with Gasteiger partial charge in [0.25, 0.3) is 15.9 Å². The van der Waals surface area contributed by atoms with E-state index in [1.807, 2.05) is 4.72 Å². The van der Waals surface area contributed by atoms with E-state index in [4.69, 9.17) is 23.2 Å². The molecular weight excluding hydrogens is 523 g/mol. The molecule has 0 saturated heterocycles. The van der Waals surface area contributed by atoms with Crippen LogP contribution in [0.5, 0.6) is 0 Å². The Morgan fingerprint density at radius 1 is 1.03 bits per heavy atom. The Morgan fingerprint density at radius 3 is 2.32 bits per heavy atom. The van der Waals surface area contributed by atoms with Crippen LogP contribution in [0.2, 0.25) is 9.36 Å². The van der Waals surface area contributed by atoms with Gasteiger partial charge in [-0.2, -0.15) is 0 Å². The van der Waals surface area contributed by atoms with Gasteiger partial charge in [-0.25, -0.2) is 22.8 Å². The number of amides is 4. The SMILES string of the molecule is CNc1ccc2c(c1)CC(=O)N(c1ccc(NC(=O)NS(=O)(=O)c3cc(Cl)c(Cl)s3)cc1)C2=O. The highest BCUT2D eigenvalue weighted by atomic mass is 35.5. The van der Waals surface area contributed by atoms with Gasteiger partial charge in [0.1, 0.15) is 8.55 Å². The Morgan fingerprint density at radius 2 is 1.71 bits per heavy atom. The fourth-order valence-electron chi connectivity index (χ4n) is 3.32. The number of rotatable bonds is 5. The molecule has 0 radical (unpaired) electrons. The number of urea groups is 1. The number of thiophene rings is 1. The first kappa shape index (κ1) is 24.0. The van der Waals surface area contributed by atoms with Crippen molar-refractivity contribution in [1.82, 2.24) is 4.72 Å². The highest BCUT2D eigenvalue weighted by Crippen LogP contribution is 2.34. The number of hydrogen-bond acceptors (Lipinski definition) is 7. The van der Waals surface area contributed by atoms with Crippen LogP contribution in [0.4, 0.5) is 21.9 Å². The van der Waals surface area contributed by atoms with Crippen molar-refractivity contribution in [3.63, 3.8) is 0 Å². The van der Waals surface area contributed by atoms with E-state index < -0.39 is 22.0 Å². The fourth-order valence-corrected chi connectivity index (χ4v) is 6.11. The number of carbonyl (C=O) groups excluding carboxylic acids is 3. The van der Waals surface area contributed by atoms with Crippen LogP contribution in [0, 0.1) is 0 Å². The van der Waals surface area contributed by atoms with Crippen molar-refractivity contribution < 1.29 is 22.8 Å². The maximum atomic E-state index is 12.9. The number of nitrogens with one attached hydrogen (secondary N) is 3. The minimum Gasteiger partial charge on any atom is -0.388 e. The van der Waals surface area contributed by atoms with Crippen molar-refractivity contribution in [2.45, 2.75) is 10.6 Å². The molecule has 3 N–H and O–H groups in total. The summed E-state index contributed by atoms with van der Waals surface area (Å²) in [6.45, 7) is 0. The molecule has 1 aliphatic rings. The number of halogens is 2. The Kier molecular flexibility index (Phi) is 6.54. The molecule has 13 heteroatoms. The molecule has 2 aromatic carbocycles. The molecule has 34 heavy (non-hydrogen) atoms. The number of carbonyl (C=O) groups is 3. The number of nitrogens with zero attached hydrogens (tertiary/aromatic N) is 1. The van der Waals surface area contributed by atoms with E-state index >= 15 is 0 Å². The summed E-state index contributed by atoms with van der Waals surface area (Å²) >= 11 is 12.3. The molecule has 0 unspecified atom stereocenters. The second kappa shape index (κ2) is 9.26. The van der Waals surface area contributed by atoms with E-state index in [-0.39, 0.29) is 31.6 Å². The monoisotopic (exact) mass is 538 g/mol. The van der Waals surface area contributed by atoms with Crippen molar-refractivity contribution >= 4 is 79.5 Å². The predicted octanol–water partition coefficient (Wildman–Crippen LogP) is 4.34. The molecule has 4 amide bonds. The lowest BCUT2D eigenvalue weighted by Crippen LogP contribution is -2.42. The van der Waals surface area contributed by atoms with E-state index in [9.17, 15) is 22.8 Å². The van der Waals surface area contributed by atoms with Crippen LogP contribution in [0.25, 0.3) is 0 Å². The molecule has 176 valence electrons. The number of sulfonamides is 1. The molecule has 1 aromatic heterocycles. The first-order valence-corrected chi connectivity index (χ1v) is 12.7. The molecule has 0 aliphatic carbocycles. The van der Waals surface area contributed by atoms with E-state index in [0.29, 0.717) is 28.2 Å². The Hall–Kier alpha value is -3.12. The van der Waals surface area contributed by atoms with E-state index in [2.05, 4.69) is 10.6 Å². The second-order valence-electron chi connectivity index (χ2n) is 7.13. The quantitative estimate of drug-likeness (QED) is 0.415. The van der Waals surface area contributed by atoms with Crippen molar-refractivity contribution in [2.24, 2.45) is 0 Å². The number of imide groups is 1. The standard InChI is InChI=1S/C21H16Cl2N4O5S2/c1-24-13-4-7-15-11(8-13)9-17(28)27(20(15)29)14-5-2-12(3-6-14)25-21(30)26-34(31,32)18-10-16(22)19(23)33-18/h2-8,10,24H,9H2,1H3,(H2,25,26,30). The fraction of sp³-hybridized carbons (Fsp3) is 0.0952. The number of hydrogen-bond donors (Lipinski definition) is 3. The molecule has 0 fully saturated rings. The van der Waals surface area contributed by atoms with Gasteiger partial charge in [0.2, 0.25) is 5.91 Å². The zero-order valence-electron chi connectivity index (χ0n) is 17.4. The maximum absolute atomic E-state index is 12.9. The summed E-state index contributed by atoms with van der Waals surface area (Å²) in [5.74, 6) is -0.838. The normalized spacial score (nSPS) is 13.4. The molecular formula is C21H16Cl2N4O5S2. The van der Waals surface area contributed by atoms with E-state index in [1.165, 1.54) is 24.3 Å². The lowest BCUT2D eigenvalue weighted by molar-refractivity contribution is -0.117. The Balaban J connectivity index is 1.47. The molecule has 3 aromatic rings. The van der Waals surface area contributed by atoms with Crippen LogP contribution in [0.15, 0.2) is 52.7 Å². The van der Waals surface area contributed by atoms with Gasteiger partial charge in [-0.1, -0.05) is 23.2 Å². The number of benzene rings is 2. The van der Waals surface area contributed by atoms with Crippen LogP contribution < -0.4 is 20.3 Å². The third kappa shape index (κ3) is 4.73. The predicted molar refractivity (Wildman–Crippen MR) is 132 cm³/mol. The van der Waals surface area contributed by atoms with Gasteiger partial charge in [-0.05, 0) is 54.1 Å². The van der Waals surface area contributed by atoms with Crippen LogP contribution in [0.1, 0.15) is 15.9 Å². The lowest BCUT2D eigenvalue weighted by atomic mass is 9.97. The average Bonchev–Trinajstić information content (AvgIpc) is 3.13. The first-order valence-electron chi connectivity index (χ1n) is 9.65. The van der Waals surface area contributed by atoms with Crippen molar-refractivity contribution in [2.75, 3.05) is 22.6 Å². The molecule has 0 saturated carbocycles. The van der Waals surface area contributed by atoms with E-state index in [0.717, 1.165) is 16.7 Å². The summed E-state index contributed by atoms with van der Waals surface area (Å²) < 4.78 is 26.4. The second-order valence-corrected chi connectivity index (χ2v) is 11.1. The smallest absolute Gasteiger partial charge is 0.333 e. The molecule has 4 rings (SSSR count).